The molecule has 0 bridgehead atoms. The van der Waals surface area contributed by atoms with Crippen molar-refractivity contribution < 1.29 is 17.9 Å². The Morgan fingerprint density at radius 3 is 2.24 bits per heavy atom. The quantitative estimate of drug-likeness (QED) is 0.313. The molecule has 0 radical (unpaired) electrons. The number of hydrogen-bond donors (Lipinski definition) is 0. The molecule has 1 saturated carbocycles. The highest BCUT2D eigenvalue weighted by Gasteiger charge is 2.20. The standard InChI is InChI=1S/C29H33F3O/c1-2-3-4-20-5-7-21(8-6-20)9-10-22-11-17-27-24(19-22)14-18-26(28(27)30)23-12-15-25(16-13-23)33-29(31)32/h11-21,29H,2-10H2,1H3/t20-,21-. The summed E-state index contributed by atoms with van der Waals surface area (Å²) < 4.78 is 44.3. The molecule has 3 aromatic rings. The highest BCUT2D eigenvalue weighted by atomic mass is 19.3. The third kappa shape index (κ3) is 6.10. The van der Waals surface area contributed by atoms with Crippen LogP contribution >= 0.6 is 0 Å². The van der Waals surface area contributed by atoms with Crippen molar-refractivity contribution in [1.29, 1.82) is 0 Å². The van der Waals surface area contributed by atoms with E-state index in [2.05, 4.69) is 17.7 Å². The van der Waals surface area contributed by atoms with Crippen LogP contribution in [0.3, 0.4) is 0 Å². The monoisotopic (exact) mass is 454 g/mol. The van der Waals surface area contributed by atoms with Gasteiger partial charge in [-0.05, 0) is 53.3 Å². The van der Waals surface area contributed by atoms with E-state index in [1.807, 2.05) is 18.2 Å². The molecule has 33 heavy (non-hydrogen) atoms. The van der Waals surface area contributed by atoms with Crippen LogP contribution in [0.25, 0.3) is 21.9 Å². The second-order valence-electron chi connectivity index (χ2n) is 9.45. The highest BCUT2D eigenvalue weighted by molar-refractivity contribution is 5.88. The van der Waals surface area contributed by atoms with Gasteiger partial charge >= 0.3 is 6.61 Å². The van der Waals surface area contributed by atoms with Gasteiger partial charge in [-0.15, -0.1) is 0 Å². The third-order valence-corrected chi connectivity index (χ3v) is 7.18. The lowest BCUT2D eigenvalue weighted by molar-refractivity contribution is -0.0498. The summed E-state index contributed by atoms with van der Waals surface area (Å²) >= 11 is 0. The molecule has 0 spiro atoms. The summed E-state index contributed by atoms with van der Waals surface area (Å²) in [6.07, 6.45) is 11.8. The van der Waals surface area contributed by atoms with Gasteiger partial charge in [-0.3, -0.25) is 0 Å². The van der Waals surface area contributed by atoms with E-state index in [1.165, 1.54) is 69.1 Å². The molecule has 0 aromatic heterocycles. The van der Waals surface area contributed by atoms with Crippen LogP contribution in [0.1, 0.15) is 63.9 Å². The number of hydrogen-bond acceptors (Lipinski definition) is 1. The van der Waals surface area contributed by atoms with Crippen LogP contribution < -0.4 is 4.74 Å². The Morgan fingerprint density at radius 1 is 0.879 bits per heavy atom. The van der Waals surface area contributed by atoms with Crippen LogP contribution in [-0.2, 0) is 6.42 Å². The van der Waals surface area contributed by atoms with Crippen LogP contribution in [0.5, 0.6) is 5.75 Å². The van der Waals surface area contributed by atoms with E-state index in [4.69, 9.17) is 0 Å². The molecule has 4 rings (SSSR count). The van der Waals surface area contributed by atoms with Crippen molar-refractivity contribution in [3.63, 3.8) is 0 Å². The predicted molar refractivity (Wildman–Crippen MR) is 129 cm³/mol. The number of fused-ring (bicyclic) bond motifs is 1. The van der Waals surface area contributed by atoms with E-state index >= 15 is 4.39 Å². The summed E-state index contributed by atoms with van der Waals surface area (Å²) in [4.78, 5) is 0. The minimum atomic E-state index is -2.87. The van der Waals surface area contributed by atoms with Crippen molar-refractivity contribution in [2.45, 2.75) is 71.3 Å². The number of benzene rings is 3. The molecule has 1 aliphatic carbocycles. The van der Waals surface area contributed by atoms with Crippen molar-refractivity contribution in [1.82, 2.24) is 0 Å². The van der Waals surface area contributed by atoms with Crippen molar-refractivity contribution in [2.24, 2.45) is 11.8 Å². The number of ether oxygens (including phenoxy) is 1. The molecule has 0 atom stereocenters. The van der Waals surface area contributed by atoms with Gasteiger partial charge in [0.2, 0.25) is 0 Å². The van der Waals surface area contributed by atoms with Crippen LogP contribution in [0.4, 0.5) is 13.2 Å². The van der Waals surface area contributed by atoms with Gasteiger partial charge in [0.15, 0.2) is 0 Å². The zero-order chi connectivity index (χ0) is 23.2. The molecule has 0 unspecified atom stereocenters. The molecule has 4 heteroatoms. The van der Waals surface area contributed by atoms with Crippen molar-refractivity contribution in [3.8, 4) is 16.9 Å². The zero-order valence-corrected chi connectivity index (χ0v) is 19.3. The molecule has 0 amide bonds. The molecule has 0 aliphatic heterocycles. The maximum absolute atomic E-state index is 15.2. The summed E-state index contributed by atoms with van der Waals surface area (Å²) in [6, 6.07) is 15.8. The first-order chi connectivity index (χ1) is 16.0. The van der Waals surface area contributed by atoms with Gasteiger partial charge < -0.3 is 4.74 Å². The van der Waals surface area contributed by atoms with Crippen molar-refractivity contribution in [3.05, 3.63) is 66.0 Å². The summed E-state index contributed by atoms with van der Waals surface area (Å²) in [5.74, 6) is 1.53. The Hall–Kier alpha value is -2.49. The molecular formula is C29H33F3O. The Labute approximate surface area is 195 Å². The average Bonchev–Trinajstić information content (AvgIpc) is 2.82. The van der Waals surface area contributed by atoms with Crippen LogP contribution in [0.15, 0.2) is 54.6 Å². The second kappa shape index (κ2) is 11.1. The first-order valence-electron chi connectivity index (χ1n) is 12.3. The Kier molecular flexibility index (Phi) is 7.95. The molecule has 1 aliphatic rings. The van der Waals surface area contributed by atoms with E-state index in [9.17, 15) is 8.78 Å². The number of rotatable bonds is 9. The van der Waals surface area contributed by atoms with Gasteiger partial charge in [0.1, 0.15) is 11.6 Å². The molecule has 3 aromatic carbocycles. The lowest BCUT2D eigenvalue weighted by atomic mass is 9.78. The van der Waals surface area contributed by atoms with E-state index in [0.717, 1.165) is 23.6 Å². The molecular weight excluding hydrogens is 421 g/mol. The second-order valence-corrected chi connectivity index (χ2v) is 9.45. The molecule has 0 saturated heterocycles. The Morgan fingerprint density at radius 2 is 1.58 bits per heavy atom. The Bertz CT molecular complexity index is 1040. The summed E-state index contributed by atoms with van der Waals surface area (Å²) in [5, 5.41) is 1.48. The van der Waals surface area contributed by atoms with E-state index < -0.39 is 6.61 Å². The maximum Gasteiger partial charge on any atom is 0.387 e. The molecule has 0 N–H and O–H groups in total. The van der Waals surface area contributed by atoms with Crippen LogP contribution in [0.2, 0.25) is 0 Å². The topological polar surface area (TPSA) is 9.23 Å². The lowest BCUT2D eigenvalue weighted by Crippen LogP contribution is -2.15. The average molecular weight is 455 g/mol. The number of aryl methyl sites for hydroxylation is 1. The highest BCUT2D eigenvalue weighted by Crippen LogP contribution is 2.35. The normalized spacial score (nSPS) is 18.7. The summed E-state index contributed by atoms with van der Waals surface area (Å²) in [6.45, 7) is -0.601. The molecule has 1 nitrogen and oxygen atoms in total. The van der Waals surface area contributed by atoms with Gasteiger partial charge in [0.05, 0.1) is 0 Å². The fourth-order valence-corrected chi connectivity index (χ4v) is 5.21. The SMILES string of the molecule is CCCC[C@H]1CC[C@H](CCc2ccc3c(F)c(-c4ccc(OC(F)F)cc4)ccc3c2)CC1. The molecule has 0 heterocycles. The fraction of sp³-hybridized carbons (Fsp3) is 0.448. The van der Waals surface area contributed by atoms with Gasteiger partial charge in [-0.2, -0.15) is 8.78 Å². The number of alkyl halides is 2. The third-order valence-electron chi connectivity index (χ3n) is 7.18. The fourth-order valence-electron chi connectivity index (χ4n) is 5.21. The number of unbranched alkanes of at least 4 members (excludes halogenated alkanes) is 1. The smallest absolute Gasteiger partial charge is 0.387 e. The van der Waals surface area contributed by atoms with E-state index in [-0.39, 0.29) is 11.6 Å². The lowest BCUT2D eigenvalue weighted by Gasteiger charge is -2.28. The van der Waals surface area contributed by atoms with Crippen LogP contribution in [0, 0.1) is 17.7 Å². The summed E-state index contributed by atoms with van der Waals surface area (Å²) in [5.41, 5.74) is 2.35. The van der Waals surface area contributed by atoms with Crippen LogP contribution in [-0.4, -0.2) is 6.61 Å². The van der Waals surface area contributed by atoms with Crippen molar-refractivity contribution >= 4 is 10.8 Å². The summed E-state index contributed by atoms with van der Waals surface area (Å²) in [7, 11) is 0. The van der Waals surface area contributed by atoms with E-state index in [1.54, 1.807) is 18.2 Å². The first-order valence-corrected chi connectivity index (χ1v) is 12.3. The predicted octanol–water partition coefficient (Wildman–Crippen LogP) is 9.18. The van der Waals surface area contributed by atoms with Gasteiger partial charge in [-0.25, -0.2) is 4.39 Å². The Balaban J connectivity index is 1.40. The minimum Gasteiger partial charge on any atom is -0.435 e. The number of halogens is 3. The van der Waals surface area contributed by atoms with Gasteiger partial charge in [-0.1, -0.05) is 94.3 Å². The van der Waals surface area contributed by atoms with Gasteiger partial charge in [0.25, 0.3) is 0 Å². The minimum absolute atomic E-state index is 0.0639. The molecule has 1 fully saturated rings. The van der Waals surface area contributed by atoms with Gasteiger partial charge in [0, 0.05) is 10.9 Å². The maximum atomic E-state index is 15.2. The zero-order valence-electron chi connectivity index (χ0n) is 19.3. The van der Waals surface area contributed by atoms with E-state index in [0.29, 0.717) is 16.5 Å². The first kappa shape index (κ1) is 23.7. The largest absolute Gasteiger partial charge is 0.435 e. The van der Waals surface area contributed by atoms with Crippen molar-refractivity contribution in [2.75, 3.05) is 0 Å². The molecule has 176 valence electrons.